The van der Waals surface area contributed by atoms with Gasteiger partial charge in [-0.2, -0.15) is 0 Å². The molecule has 2 aliphatic rings. The van der Waals surface area contributed by atoms with Crippen LogP contribution in [-0.4, -0.2) is 54.2 Å². The van der Waals surface area contributed by atoms with E-state index < -0.39 is 23.7 Å². The Morgan fingerprint density at radius 2 is 1.95 bits per heavy atom. The molecule has 10 nitrogen and oxygen atoms in total. The number of fused-ring (bicyclic) bond motifs is 1. The second kappa shape index (κ2) is 13.1. The summed E-state index contributed by atoms with van der Waals surface area (Å²) >= 11 is 0.932. The first-order chi connectivity index (χ1) is 20.8. The van der Waals surface area contributed by atoms with Gasteiger partial charge >= 0.3 is 11.9 Å². The zero-order valence-corrected chi connectivity index (χ0v) is 24.8. The van der Waals surface area contributed by atoms with Crippen LogP contribution in [-0.2, 0) is 14.3 Å². The number of aromatic nitrogens is 1. The summed E-state index contributed by atoms with van der Waals surface area (Å²) in [5.41, 5.74) is 1.01. The number of aryl methyl sites for hydroxylation is 1. The van der Waals surface area contributed by atoms with E-state index in [2.05, 4.69) is 18.5 Å². The molecular formula is C32H32N2O8S. The number of rotatable bonds is 11. The van der Waals surface area contributed by atoms with Gasteiger partial charge in [-0.25, -0.2) is 9.78 Å². The SMILES string of the molecule is C=CCOC(=O)c1sc(N2C(=O)C(=O)/C(=C(/O)c3ccc4c(c3)OCCO4)[C@@H]2c2cccc(OCCCCC)c2)nc1C. The summed E-state index contributed by atoms with van der Waals surface area (Å²) < 4.78 is 22.4. The van der Waals surface area contributed by atoms with Crippen LogP contribution in [0.15, 0.2) is 60.7 Å². The number of benzene rings is 2. The number of aliphatic hydroxyl groups excluding tert-OH is 1. The molecule has 3 aromatic rings. The molecule has 0 aliphatic carbocycles. The number of esters is 1. The monoisotopic (exact) mass is 604 g/mol. The smallest absolute Gasteiger partial charge is 0.350 e. The predicted octanol–water partition coefficient (Wildman–Crippen LogP) is 5.76. The van der Waals surface area contributed by atoms with E-state index in [0.29, 0.717) is 48.3 Å². The second-order valence-electron chi connectivity index (χ2n) is 9.95. The van der Waals surface area contributed by atoms with Crippen molar-refractivity contribution in [2.24, 2.45) is 0 Å². The van der Waals surface area contributed by atoms with Crippen LogP contribution in [0, 0.1) is 6.92 Å². The van der Waals surface area contributed by atoms with Crippen molar-refractivity contribution in [1.82, 2.24) is 4.98 Å². The predicted molar refractivity (Wildman–Crippen MR) is 161 cm³/mol. The number of Topliss-reactive ketones (excluding diaryl/α,β-unsaturated/α-hetero) is 1. The highest BCUT2D eigenvalue weighted by molar-refractivity contribution is 7.17. The molecule has 2 aliphatic heterocycles. The first kappa shape index (κ1) is 29.8. The van der Waals surface area contributed by atoms with Crippen LogP contribution < -0.4 is 19.1 Å². The van der Waals surface area contributed by atoms with Gasteiger partial charge in [-0.1, -0.05) is 55.9 Å². The minimum absolute atomic E-state index is 0.0105. The lowest BCUT2D eigenvalue weighted by Gasteiger charge is -2.24. The Morgan fingerprint density at radius 3 is 2.72 bits per heavy atom. The van der Waals surface area contributed by atoms with Gasteiger partial charge in [0.25, 0.3) is 5.78 Å². The third kappa shape index (κ3) is 6.12. The van der Waals surface area contributed by atoms with Crippen LogP contribution in [0.4, 0.5) is 5.13 Å². The zero-order chi connectivity index (χ0) is 30.5. The Kier molecular flexibility index (Phi) is 9.10. The third-order valence-electron chi connectivity index (χ3n) is 6.96. The number of carbonyl (C=O) groups is 3. The van der Waals surface area contributed by atoms with E-state index in [4.69, 9.17) is 18.9 Å². The van der Waals surface area contributed by atoms with Crippen molar-refractivity contribution in [1.29, 1.82) is 0 Å². The maximum atomic E-state index is 13.7. The van der Waals surface area contributed by atoms with Crippen molar-refractivity contribution in [2.45, 2.75) is 39.2 Å². The maximum Gasteiger partial charge on any atom is 0.350 e. The van der Waals surface area contributed by atoms with E-state index in [-0.39, 0.29) is 33.5 Å². The fraction of sp³-hybridized carbons (Fsp3) is 0.312. The number of aliphatic hydroxyl groups is 1. The molecule has 0 saturated carbocycles. The Bertz CT molecular complexity index is 1590. The van der Waals surface area contributed by atoms with E-state index in [1.54, 1.807) is 49.4 Å². The molecule has 0 spiro atoms. The number of ketones is 1. The minimum atomic E-state index is -1.06. The van der Waals surface area contributed by atoms with Gasteiger partial charge in [0.1, 0.15) is 36.2 Å². The van der Waals surface area contributed by atoms with Crippen molar-refractivity contribution < 1.29 is 38.4 Å². The molecule has 224 valence electrons. The van der Waals surface area contributed by atoms with Crippen molar-refractivity contribution in [3.05, 3.63) is 82.4 Å². The molecular weight excluding hydrogens is 572 g/mol. The van der Waals surface area contributed by atoms with Crippen molar-refractivity contribution in [3.63, 3.8) is 0 Å². The van der Waals surface area contributed by atoms with E-state index in [9.17, 15) is 19.5 Å². The number of unbranched alkanes of at least 4 members (excludes halogenated alkanes) is 2. The van der Waals surface area contributed by atoms with E-state index in [1.165, 1.54) is 11.0 Å². The number of amides is 1. The first-order valence-corrected chi connectivity index (χ1v) is 14.8. The molecule has 0 bridgehead atoms. The molecule has 1 amide bonds. The fourth-order valence-electron chi connectivity index (χ4n) is 4.88. The highest BCUT2D eigenvalue weighted by atomic mass is 32.1. The summed E-state index contributed by atoms with van der Waals surface area (Å²) in [6.45, 7) is 8.54. The van der Waals surface area contributed by atoms with Crippen molar-refractivity contribution >= 4 is 39.9 Å². The first-order valence-electron chi connectivity index (χ1n) is 14.0. The van der Waals surface area contributed by atoms with Crippen LogP contribution in [0.3, 0.4) is 0 Å². The zero-order valence-electron chi connectivity index (χ0n) is 24.0. The van der Waals surface area contributed by atoms with Gasteiger partial charge in [0.15, 0.2) is 16.6 Å². The van der Waals surface area contributed by atoms with Crippen molar-refractivity contribution in [3.8, 4) is 17.2 Å². The molecule has 0 radical (unpaired) electrons. The van der Waals surface area contributed by atoms with Crippen LogP contribution in [0.2, 0.25) is 0 Å². The molecule has 11 heteroatoms. The second-order valence-corrected chi connectivity index (χ2v) is 10.9. The molecule has 1 atom stereocenters. The van der Waals surface area contributed by atoms with Crippen molar-refractivity contribution in [2.75, 3.05) is 31.3 Å². The van der Waals surface area contributed by atoms with Gasteiger partial charge < -0.3 is 24.1 Å². The molecule has 43 heavy (non-hydrogen) atoms. The summed E-state index contributed by atoms with van der Waals surface area (Å²) in [6.07, 6.45) is 4.40. The number of carbonyl (C=O) groups excluding carboxylic acids is 3. The van der Waals surface area contributed by atoms with E-state index >= 15 is 0 Å². The van der Waals surface area contributed by atoms with Crippen LogP contribution in [0.5, 0.6) is 17.2 Å². The average Bonchev–Trinajstić information content (AvgIpc) is 3.53. The maximum absolute atomic E-state index is 13.7. The van der Waals surface area contributed by atoms with Gasteiger partial charge in [-0.3, -0.25) is 14.5 Å². The van der Waals surface area contributed by atoms with Gasteiger partial charge in [0.2, 0.25) is 0 Å². The van der Waals surface area contributed by atoms with Gasteiger partial charge in [-0.05, 0) is 49.2 Å². The summed E-state index contributed by atoms with van der Waals surface area (Å²) in [4.78, 5) is 45.8. The topological polar surface area (TPSA) is 124 Å². The lowest BCUT2D eigenvalue weighted by atomic mass is 9.95. The molecule has 2 aromatic carbocycles. The summed E-state index contributed by atoms with van der Waals surface area (Å²) in [7, 11) is 0. The number of anilines is 1. The van der Waals surface area contributed by atoms with Crippen LogP contribution in [0.1, 0.15) is 58.7 Å². The molecule has 3 heterocycles. The lowest BCUT2D eigenvalue weighted by Crippen LogP contribution is -2.29. The average molecular weight is 605 g/mol. The number of hydrogen-bond acceptors (Lipinski definition) is 10. The Labute approximate surface area is 253 Å². The Morgan fingerprint density at radius 1 is 1.16 bits per heavy atom. The van der Waals surface area contributed by atoms with Gasteiger partial charge in [-0.15, -0.1) is 0 Å². The Hall–Kier alpha value is -4.64. The summed E-state index contributed by atoms with van der Waals surface area (Å²) in [5.74, 6) is -1.29. The number of ether oxygens (including phenoxy) is 4. The molecule has 1 fully saturated rings. The quantitative estimate of drug-likeness (QED) is 0.0726. The summed E-state index contributed by atoms with van der Waals surface area (Å²) in [5, 5.41) is 11.7. The standard InChI is InChI=1S/C32H32N2O8S/c1-4-6-7-14-39-22-10-8-9-20(17-22)26-25(27(35)21-11-12-23-24(18-21)41-16-15-40-23)28(36)30(37)34(26)32-33-19(3)29(43-32)31(38)42-13-5-2/h5,8-12,17-18,26,35H,2,4,6-7,13-16H2,1,3H3/b27-25+/t26-/m0/s1. The normalized spacial score (nSPS) is 17.2. The van der Waals surface area contributed by atoms with Gasteiger partial charge in [0.05, 0.1) is 23.9 Å². The molecule has 0 unspecified atom stereocenters. The highest BCUT2D eigenvalue weighted by Crippen LogP contribution is 2.45. The van der Waals surface area contributed by atoms with Crippen LogP contribution >= 0.6 is 11.3 Å². The van der Waals surface area contributed by atoms with Gasteiger partial charge in [0, 0.05) is 5.56 Å². The van der Waals surface area contributed by atoms with E-state index in [1.807, 2.05) is 0 Å². The number of thiazole rings is 1. The van der Waals surface area contributed by atoms with E-state index in [0.717, 1.165) is 30.6 Å². The third-order valence-corrected chi connectivity index (χ3v) is 8.10. The highest BCUT2D eigenvalue weighted by Gasteiger charge is 2.48. The lowest BCUT2D eigenvalue weighted by molar-refractivity contribution is -0.132. The molecule has 1 aromatic heterocycles. The largest absolute Gasteiger partial charge is 0.507 e. The summed E-state index contributed by atoms with van der Waals surface area (Å²) in [6, 6.07) is 10.8. The molecule has 5 rings (SSSR count). The minimum Gasteiger partial charge on any atom is -0.507 e. The molecule has 1 saturated heterocycles. The fourth-order valence-corrected chi connectivity index (χ4v) is 5.87. The number of hydrogen-bond donors (Lipinski definition) is 1. The van der Waals surface area contributed by atoms with Crippen LogP contribution in [0.25, 0.3) is 5.76 Å². The molecule has 1 N–H and O–H groups in total. The number of nitrogens with zero attached hydrogens (tertiary/aromatic N) is 2. The Balaban J connectivity index is 1.61.